The van der Waals surface area contributed by atoms with Crippen molar-refractivity contribution in [3.05, 3.63) is 42.1 Å². The fourth-order valence-electron chi connectivity index (χ4n) is 3.79. The summed E-state index contributed by atoms with van der Waals surface area (Å²) in [5.41, 5.74) is 4.68. The Morgan fingerprint density at radius 1 is 1.28 bits per heavy atom. The molecule has 4 aromatic heterocycles. The molecular weight excluding hydrogens is 386 g/mol. The second-order valence-electron chi connectivity index (χ2n) is 7.46. The van der Waals surface area contributed by atoms with Gasteiger partial charge in [0.25, 0.3) is 0 Å². The van der Waals surface area contributed by atoms with Gasteiger partial charge in [0.05, 0.1) is 23.8 Å². The molecule has 4 aromatic rings. The van der Waals surface area contributed by atoms with Gasteiger partial charge in [0.2, 0.25) is 0 Å². The van der Waals surface area contributed by atoms with Gasteiger partial charge >= 0.3 is 0 Å². The van der Waals surface area contributed by atoms with Gasteiger partial charge in [0.15, 0.2) is 11.5 Å². The van der Waals surface area contributed by atoms with Crippen molar-refractivity contribution in [2.75, 3.05) is 18.1 Å². The van der Waals surface area contributed by atoms with E-state index in [1.807, 2.05) is 38.6 Å². The highest BCUT2D eigenvalue weighted by Gasteiger charge is 2.23. The smallest absolute Gasteiger partial charge is 0.165 e. The molecule has 5 rings (SSSR count). The molecule has 0 bridgehead atoms. The van der Waals surface area contributed by atoms with Crippen LogP contribution in [-0.4, -0.2) is 41.8 Å². The van der Waals surface area contributed by atoms with Crippen LogP contribution in [0, 0.1) is 6.92 Å². The minimum absolute atomic E-state index is 0.348. The van der Waals surface area contributed by atoms with Crippen LogP contribution in [0.5, 0.6) is 0 Å². The Morgan fingerprint density at radius 2 is 2.17 bits per heavy atom. The number of nitrogens with zero attached hydrogens (tertiary/aromatic N) is 7. The number of hydrogen-bond donors (Lipinski definition) is 2. The van der Waals surface area contributed by atoms with Crippen LogP contribution in [0.25, 0.3) is 16.8 Å². The van der Waals surface area contributed by atoms with Crippen molar-refractivity contribution in [2.45, 2.75) is 25.7 Å². The fraction of sp³-hybridized carbons (Fsp3) is 0.368. The predicted molar refractivity (Wildman–Crippen MR) is 113 cm³/mol. The average molecular weight is 410 g/mol. The average Bonchev–Trinajstić information content (AvgIpc) is 3.46. The molecule has 5 heterocycles. The molecular formula is C19H23N9S. The first-order chi connectivity index (χ1) is 14.1. The van der Waals surface area contributed by atoms with Crippen LogP contribution in [0.2, 0.25) is 0 Å². The van der Waals surface area contributed by atoms with Crippen molar-refractivity contribution in [2.24, 2.45) is 12.9 Å². The normalized spacial score (nSPS) is 17.1. The number of piperidine rings is 1. The highest BCUT2D eigenvalue weighted by molar-refractivity contribution is 7.10. The maximum atomic E-state index is 6.53. The van der Waals surface area contributed by atoms with Gasteiger partial charge in [-0.3, -0.25) is 9.69 Å². The second kappa shape index (κ2) is 7.21. The third-order valence-corrected chi connectivity index (χ3v) is 6.18. The van der Waals surface area contributed by atoms with Crippen LogP contribution in [0.4, 0.5) is 10.8 Å². The van der Waals surface area contributed by atoms with E-state index in [4.69, 9.17) is 10.8 Å². The van der Waals surface area contributed by atoms with E-state index in [9.17, 15) is 0 Å². The van der Waals surface area contributed by atoms with Crippen molar-refractivity contribution in [3.8, 4) is 11.1 Å². The number of fused-ring (bicyclic) bond motifs is 1. The summed E-state index contributed by atoms with van der Waals surface area (Å²) in [6.45, 7) is 3.94. The minimum atomic E-state index is 0.348. The zero-order valence-electron chi connectivity index (χ0n) is 16.4. The van der Waals surface area contributed by atoms with Crippen molar-refractivity contribution in [1.82, 2.24) is 34.1 Å². The topological polar surface area (TPSA) is 102 Å². The number of aromatic nitrogens is 6. The lowest BCUT2D eigenvalue weighted by Crippen LogP contribution is -2.30. The summed E-state index contributed by atoms with van der Waals surface area (Å²) in [7, 11) is 1.90. The van der Waals surface area contributed by atoms with E-state index < -0.39 is 0 Å². The standard InChI is InChI=1S/C19H23N9S/c1-12-6-18(29-25-12)27(20)17-7-16(13-4-3-5-21-8-13)24-19-15(10-23-28(17)19)14-9-22-26(2)11-14/h6-7,9-11,13,21H,3-5,8,20H2,1-2H3. The summed E-state index contributed by atoms with van der Waals surface area (Å²) >= 11 is 1.37. The number of hydrogen-bond acceptors (Lipinski definition) is 8. The maximum Gasteiger partial charge on any atom is 0.165 e. The zero-order valence-corrected chi connectivity index (χ0v) is 17.2. The molecule has 1 fully saturated rings. The van der Waals surface area contributed by atoms with Crippen LogP contribution in [0.3, 0.4) is 0 Å². The summed E-state index contributed by atoms with van der Waals surface area (Å²) in [5, 5.41) is 14.9. The number of anilines is 2. The van der Waals surface area contributed by atoms with Crippen LogP contribution >= 0.6 is 11.5 Å². The van der Waals surface area contributed by atoms with E-state index in [1.54, 1.807) is 14.2 Å². The van der Waals surface area contributed by atoms with Crippen molar-refractivity contribution in [3.63, 3.8) is 0 Å². The third-order valence-electron chi connectivity index (χ3n) is 5.30. The lowest BCUT2D eigenvalue weighted by molar-refractivity contribution is 0.455. The largest absolute Gasteiger partial charge is 0.316 e. The third kappa shape index (κ3) is 3.28. The van der Waals surface area contributed by atoms with E-state index in [0.717, 1.165) is 64.9 Å². The van der Waals surface area contributed by atoms with Crippen LogP contribution in [-0.2, 0) is 7.05 Å². The molecule has 9 nitrogen and oxygen atoms in total. The van der Waals surface area contributed by atoms with Crippen LogP contribution in [0.1, 0.15) is 30.1 Å². The van der Waals surface area contributed by atoms with E-state index in [2.05, 4.69) is 26.0 Å². The Hall–Kier alpha value is -2.82. The van der Waals surface area contributed by atoms with Crippen molar-refractivity contribution < 1.29 is 0 Å². The maximum absolute atomic E-state index is 6.53. The predicted octanol–water partition coefficient (Wildman–Crippen LogP) is 2.37. The van der Waals surface area contributed by atoms with Crippen LogP contribution in [0.15, 0.2) is 30.7 Å². The Balaban J connectivity index is 1.68. The first-order valence-corrected chi connectivity index (χ1v) is 10.4. The quantitative estimate of drug-likeness (QED) is 0.394. The SMILES string of the molecule is Cc1cc(N(N)c2cc(C3CCCNC3)nc3c(-c4cnn(C)c4)cnn23)sn1. The van der Waals surface area contributed by atoms with Gasteiger partial charge in [-0.2, -0.15) is 19.1 Å². The lowest BCUT2D eigenvalue weighted by Gasteiger charge is -2.24. The molecule has 3 N–H and O–H groups in total. The molecule has 0 aromatic carbocycles. The number of nitrogens with one attached hydrogen (secondary N) is 1. The molecule has 29 heavy (non-hydrogen) atoms. The number of rotatable bonds is 4. The van der Waals surface area contributed by atoms with Crippen molar-refractivity contribution in [1.29, 1.82) is 0 Å². The molecule has 0 spiro atoms. The zero-order chi connectivity index (χ0) is 20.0. The van der Waals surface area contributed by atoms with Gasteiger partial charge in [-0.15, -0.1) is 0 Å². The van der Waals surface area contributed by atoms with E-state index >= 15 is 0 Å². The highest BCUT2D eigenvalue weighted by Crippen LogP contribution is 2.33. The Kier molecular flexibility index (Phi) is 4.53. The van der Waals surface area contributed by atoms with E-state index in [0.29, 0.717) is 5.92 Å². The van der Waals surface area contributed by atoms with Gasteiger partial charge in [-0.25, -0.2) is 10.8 Å². The van der Waals surface area contributed by atoms with E-state index in [-0.39, 0.29) is 0 Å². The monoisotopic (exact) mass is 409 g/mol. The van der Waals surface area contributed by atoms with Gasteiger partial charge in [0.1, 0.15) is 5.00 Å². The molecule has 0 saturated carbocycles. The summed E-state index contributed by atoms with van der Waals surface area (Å²) < 4.78 is 7.95. The molecule has 10 heteroatoms. The number of nitrogens with two attached hydrogens (primary N) is 1. The molecule has 0 amide bonds. The molecule has 1 unspecified atom stereocenters. The summed E-state index contributed by atoms with van der Waals surface area (Å²) in [6.07, 6.45) is 7.88. The molecule has 0 aliphatic carbocycles. The molecule has 150 valence electrons. The Labute approximate surface area is 172 Å². The first-order valence-electron chi connectivity index (χ1n) is 9.66. The lowest BCUT2D eigenvalue weighted by atomic mass is 9.96. The summed E-state index contributed by atoms with van der Waals surface area (Å²) in [6, 6.07) is 4.03. The van der Waals surface area contributed by atoms with Crippen molar-refractivity contribution >= 4 is 28.0 Å². The molecule has 1 atom stereocenters. The Bertz CT molecular complexity index is 1150. The van der Waals surface area contributed by atoms with Crippen LogP contribution < -0.4 is 16.2 Å². The highest BCUT2D eigenvalue weighted by atomic mass is 32.1. The first kappa shape index (κ1) is 18.2. The van der Waals surface area contributed by atoms with Gasteiger partial charge in [0, 0.05) is 42.9 Å². The Morgan fingerprint density at radius 3 is 2.86 bits per heavy atom. The number of hydrazine groups is 1. The van der Waals surface area contributed by atoms with Gasteiger partial charge < -0.3 is 5.32 Å². The molecule has 0 radical (unpaired) electrons. The van der Waals surface area contributed by atoms with E-state index in [1.165, 1.54) is 11.5 Å². The summed E-state index contributed by atoms with van der Waals surface area (Å²) in [5.74, 6) is 7.65. The minimum Gasteiger partial charge on any atom is -0.316 e. The molecule has 1 saturated heterocycles. The second-order valence-corrected chi connectivity index (χ2v) is 8.24. The fourth-order valence-corrected chi connectivity index (χ4v) is 4.49. The van der Waals surface area contributed by atoms with Gasteiger partial charge in [-0.1, -0.05) is 0 Å². The number of aryl methyl sites for hydroxylation is 2. The molecule has 1 aliphatic heterocycles. The molecule has 1 aliphatic rings. The van der Waals surface area contributed by atoms with Gasteiger partial charge in [-0.05, 0) is 43.9 Å². The summed E-state index contributed by atoms with van der Waals surface area (Å²) in [4.78, 5) is 5.02.